The number of nitrogens with one attached hydrogen (secondary N) is 5. The predicted molar refractivity (Wildman–Crippen MR) is 158 cm³/mol. The number of carbonyl (C=O) groups is 7. The van der Waals surface area contributed by atoms with Gasteiger partial charge < -0.3 is 48.3 Å². The quantitative estimate of drug-likeness (QED) is 0.0730. The van der Waals surface area contributed by atoms with Gasteiger partial charge in [0.15, 0.2) is 5.96 Å². The van der Waals surface area contributed by atoms with Crippen molar-refractivity contribution in [3.63, 3.8) is 0 Å². The fourth-order valence-electron chi connectivity index (χ4n) is 3.93. The molecule has 0 radical (unpaired) electrons. The van der Waals surface area contributed by atoms with Crippen LogP contribution in [0, 0.1) is 0 Å². The molecule has 240 valence electrons. The number of nitrogens with zero attached hydrogens (tertiary/aromatic N) is 1. The van der Waals surface area contributed by atoms with Gasteiger partial charge in [0.25, 0.3) is 0 Å². The minimum atomic E-state index is -1.68. The lowest BCUT2D eigenvalue weighted by Gasteiger charge is -2.23. The number of guanidine groups is 1. The number of carboxylic acids is 2. The zero-order valence-electron chi connectivity index (χ0n) is 23.6. The molecule has 11 N–H and O–H groups in total. The number of rotatable bonds is 9. The molecule has 1 aromatic rings. The van der Waals surface area contributed by atoms with E-state index in [9.17, 15) is 43.8 Å². The van der Waals surface area contributed by atoms with E-state index >= 15 is 0 Å². The van der Waals surface area contributed by atoms with Crippen LogP contribution < -0.4 is 38.1 Å². The molecule has 1 heterocycles. The van der Waals surface area contributed by atoms with Crippen molar-refractivity contribution in [1.82, 2.24) is 26.6 Å². The van der Waals surface area contributed by atoms with Crippen molar-refractivity contribution in [2.75, 3.05) is 25.4 Å². The fraction of sp³-hybridized carbons (Fsp3) is 0.462. The molecule has 1 aromatic carbocycles. The zero-order valence-corrected chi connectivity index (χ0v) is 24.4. The van der Waals surface area contributed by atoms with Crippen LogP contribution in [0.1, 0.15) is 24.8 Å². The third kappa shape index (κ3) is 13.0. The van der Waals surface area contributed by atoms with Crippen LogP contribution in [0.2, 0.25) is 0 Å². The Morgan fingerprint density at radius 3 is 2.07 bits per heavy atom. The number of carbonyl (C=O) groups excluding carboxylic acids is 5. The molecule has 0 aliphatic carbocycles. The molecule has 0 aromatic heterocycles. The number of aliphatic imine (C=N–C) groups is 1. The van der Waals surface area contributed by atoms with Crippen LogP contribution in [0.15, 0.2) is 35.3 Å². The second kappa shape index (κ2) is 17.9. The minimum absolute atomic E-state index is 0.0526. The van der Waals surface area contributed by atoms with Gasteiger partial charge in [-0.25, -0.2) is 4.79 Å². The third-order valence-electron chi connectivity index (χ3n) is 6.11. The van der Waals surface area contributed by atoms with E-state index in [1.807, 2.05) is 0 Å². The molecule has 2 rings (SSSR count). The van der Waals surface area contributed by atoms with Gasteiger partial charge in [0.1, 0.15) is 18.1 Å². The van der Waals surface area contributed by atoms with Crippen molar-refractivity contribution in [3.8, 4) is 0 Å². The predicted octanol–water partition coefficient (Wildman–Crippen LogP) is -3.36. The van der Waals surface area contributed by atoms with Crippen LogP contribution in [-0.2, 0) is 40.0 Å². The Labute approximate surface area is 256 Å². The van der Waals surface area contributed by atoms with Gasteiger partial charge in [-0.15, -0.1) is 11.8 Å². The summed E-state index contributed by atoms with van der Waals surface area (Å²) in [7, 11) is 0. The van der Waals surface area contributed by atoms with Gasteiger partial charge in [-0.3, -0.25) is 33.8 Å². The first-order valence-corrected chi connectivity index (χ1v) is 14.5. The first-order valence-electron chi connectivity index (χ1n) is 13.5. The van der Waals surface area contributed by atoms with E-state index in [4.69, 9.17) is 11.5 Å². The Hall–Kier alpha value is -4.87. The summed E-state index contributed by atoms with van der Waals surface area (Å²) in [6.07, 6.45) is -0.423. The fourth-order valence-corrected chi connectivity index (χ4v) is 5.13. The molecule has 1 fully saturated rings. The van der Waals surface area contributed by atoms with Crippen LogP contribution in [0.3, 0.4) is 0 Å². The molecule has 5 amide bonds. The molecule has 0 bridgehead atoms. The van der Waals surface area contributed by atoms with E-state index in [0.29, 0.717) is 0 Å². The lowest BCUT2D eigenvalue weighted by atomic mass is 10.1. The van der Waals surface area contributed by atoms with E-state index in [2.05, 4.69) is 31.6 Å². The summed E-state index contributed by atoms with van der Waals surface area (Å²) in [6, 6.07) is 4.39. The number of nitrogens with two attached hydrogens (primary N) is 2. The molecule has 4 atom stereocenters. The van der Waals surface area contributed by atoms with Crippen LogP contribution in [0.25, 0.3) is 0 Å². The second-order valence-electron chi connectivity index (χ2n) is 9.63. The number of amides is 5. The monoisotopic (exact) mass is 636 g/mol. The molecule has 44 heavy (non-hydrogen) atoms. The highest BCUT2D eigenvalue weighted by atomic mass is 32.2. The van der Waals surface area contributed by atoms with Crippen molar-refractivity contribution in [2.24, 2.45) is 16.5 Å². The number of hydrogen-bond donors (Lipinski definition) is 9. The third-order valence-corrected chi connectivity index (χ3v) is 7.42. The molecule has 1 aliphatic rings. The van der Waals surface area contributed by atoms with Crippen molar-refractivity contribution < 1.29 is 43.8 Å². The van der Waals surface area contributed by atoms with Gasteiger partial charge in [0.2, 0.25) is 29.5 Å². The number of thioether (sulfide) groups is 1. The number of benzene rings is 1. The normalized spacial score (nSPS) is 22.5. The van der Waals surface area contributed by atoms with Gasteiger partial charge >= 0.3 is 11.9 Å². The maximum absolute atomic E-state index is 13.2. The number of aliphatic carboxylic acids is 2. The van der Waals surface area contributed by atoms with Gasteiger partial charge in [0, 0.05) is 12.3 Å². The minimum Gasteiger partial charge on any atom is -0.481 e. The molecular weight excluding hydrogens is 600 g/mol. The first-order chi connectivity index (χ1) is 20.8. The topological polar surface area (TPSA) is 284 Å². The standard InChI is InChI=1S/C26H36N8O9S/c27-26(28)29-8-4-7-15-22(39)30-11-20(36)33-16(10-21(37)38)23(40)34-17(25(42)43)13-44-18(9-14-5-2-1-3-6-14)24(41)31-12-19(35)32-15/h1-3,5-6,15-18H,4,7-13H2,(H,30,39)(H,31,41)(H,32,35)(H,33,36)(H,34,40)(H,37,38)(H,42,43)(H4,27,28,29)/t15-,16-,17-,18-/m0/s1. The largest absolute Gasteiger partial charge is 0.481 e. The summed E-state index contributed by atoms with van der Waals surface area (Å²) >= 11 is 0.900. The highest BCUT2D eigenvalue weighted by Crippen LogP contribution is 2.19. The van der Waals surface area contributed by atoms with E-state index in [0.717, 1.165) is 17.3 Å². The molecule has 0 saturated carbocycles. The van der Waals surface area contributed by atoms with Crippen molar-refractivity contribution in [1.29, 1.82) is 0 Å². The van der Waals surface area contributed by atoms with E-state index in [-0.39, 0.29) is 37.5 Å². The highest BCUT2D eigenvalue weighted by Gasteiger charge is 2.31. The Bertz CT molecular complexity index is 1240. The summed E-state index contributed by atoms with van der Waals surface area (Å²) in [6.45, 7) is -1.07. The van der Waals surface area contributed by atoms with Crippen molar-refractivity contribution >= 4 is 59.2 Å². The van der Waals surface area contributed by atoms with Crippen LogP contribution in [-0.4, -0.2) is 106 Å². The number of hydrogen-bond acceptors (Lipinski definition) is 9. The summed E-state index contributed by atoms with van der Waals surface area (Å²) in [5.74, 6) is -7.52. The molecule has 1 saturated heterocycles. The molecule has 1 aliphatic heterocycles. The lowest BCUT2D eigenvalue weighted by Crippen LogP contribution is -2.56. The van der Waals surface area contributed by atoms with Gasteiger partial charge in [-0.1, -0.05) is 30.3 Å². The second-order valence-corrected chi connectivity index (χ2v) is 10.9. The first kappa shape index (κ1) is 35.3. The van der Waals surface area contributed by atoms with Crippen molar-refractivity contribution in [3.05, 3.63) is 35.9 Å². The van der Waals surface area contributed by atoms with E-state index < -0.39 is 84.4 Å². The molecule has 0 spiro atoms. The zero-order chi connectivity index (χ0) is 32.6. The molecule has 18 heteroatoms. The Balaban J connectivity index is 2.34. The van der Waals surface area contributed by atoms with Crippen molar-refractivity contribution in [2.45, 2.75) is 49.1 Å². The summed E-state index contributed by atoms with van der Waals surface area (Å²) in [5.41, 5.74) is 11.4. The van der Waals surface area contributed by atoms with Crippen LogP contribution >= 0.6 is 11.8 Å². The van der Waals surface area contributed by atoms with Crippen LogP contribution in [0.5, 0.6) is 0 Å². The SMILES string of the molecule is NC(N)=NCCC[C@@H]1NC(=O)CNC(=O)[C@H](Cc2ccccc2)SC[C@@H](C(=O)O)NC(=O)[C@H](CC(=O)O)NC(=O)CNC1=O. The Morgan fingerprint density at radius 2 is 1.48 bits per heavy atom. The van der Waals surface area contributed by atoms with Crippen LogP contribution in [0.4, 0.5) is 0 Å². The maximum Gasteiger partial charge on any atom is 0.327 e. The lowest BCUT2D eigenvalue weighted by molar-refractivity contribution is -0.143. The smallest absolute Gasteiger partial charge is 0.327 e. The van der Waals surface area contributed by atoms with Gasteiger partial charge in [0.05, 0.1) is 24.8 Å². The van der Waals surface area contributed by atoms with E-state index in [1.54, 1.807) is 30.3 Å². The average molecular weight is 637 g/mol. The van der Waals surface area contributed by atoms with Gasteiger partial charge in [-0.2, -0.15) is 0 Å². The highest BCUT2D eigenvalue weighted by molar-refractivity contribution is 8.00. The Morgan fingerprint density at radius 1 is 0.864 bits per heavy atom. The molecule has 17 nitrogen and oxygen atoms in total. The maximum atomic E-state index is 13.2. The summed E-state index contributed by atoms with van der Waals surface area (Å²) in [5, 5.41) is 29.7. The average Bonchev–Trinajstić information content (AvgIpc) is 2.96. The van der Waals surface area contributed by atoms with Gasteiger partial charge in [-0.05, 0) is 24.8 Å². The van der Waals surface area contributed by atoms with E-state index in [1.165, 1.54) is 0 Å². The molecule has 0 unspecified atom stereocenters. The Kier molecular flexibility index (Phi) is 14.4. The summed E-state index contributed by atoms with van der Waals surface area (Å²) in [4.78, 5) is 91.3. The number of carboxylic acid groups (broad SMARTS) is 2. The molecular formula is C26H36N8O9S. The summed E-state index contributed by atoms with van der Waals surface area (Å²) < 4.78 is 0.